The molecule has 2 aromatic carbocycles. The second-order valence-corrected chi connectivity index (χ2v) is 8.88. The Labute approximate surface area is 185 Å². The van der Waals surface area contributed by atoms with Crippen LogP contribution in [0.25, 0.3) is 0 Å². The lowest BCUT2D eigenvalue weighted by Crippen LogP contribution is -2.45. The van der Waals surface area contributed by atoms with E-state index in [9.17, 15) is 9.90 Å². The van der Waals surface area contributed by atoms with Crippen molar-refractivity contribution in [2.45, 2.75) is 46.4 Å². The van der Waals surface area contributed by atoms with Crippen molar-refractivity contribution >= 4 is 5.97 Å². The zero-order valence-corrected chi connectivity index (χ0v) is 19.3. The Morgan fingerprint density at radius 2 is 1.42 bits per heavy atom. The average Bonchev–Trinajstić information content (AvgIpc) is 2.73. The fourth-order valence-electron chi connectivity index (χ4n) is 3.94. The van der Waals surface area contributed by atoms with Gasteiger partial charge < -0.3 is 14.6 Å². The first-order valence-electron chi connectivity index (χ1n) is 10.8. The molecule has 3 rings (SSSR count). The summed E-state index contributed by atoms with van der Waals surface area (Å²) < 4.78 is 11.1. The summed E-state index contributed by atoms with van der Waals surface area (Å²) in [5.74, 6) is 0.588. The van der Waals surface area contributed by atoms with Crippen molar-refractivity contribution < 1.29 is 19.4 Å². The third kappa shape index (κ3) is 5.99. The maximum absolute atomic E-state index is 11.4. The van der Waals surface area contributed by atoms with Crippen LogP contribution in [-0.2, 0) is 17.9 Å². The smallest absolute Gasteiger partial charge is 0.347 e. The highest BCUT2D eigenvalue weighted by Gasteiger charge is 2.30. The number of hydrogen-bond donors (Lipinski definition) is 1. The van der Waals surface area contributed by atoms with Crippen molar-refractivity contribution in [2.24, 2.45) is 0 Å². The van der Waals surface area contributed by atoms with E-state index in [1.54, 1.807) is 21.0 Å². The molecule has 0 aliphatic carbocycles. The van der Waals surface area contributed by atoms with Crippen molar-refractivity contribution in [1.29, 1.82) is 0 Å². The molecule has 6 nitrogen and oxygen atoms in total. The molecule has 31 heavy (non-hydrogen) atoms. The maximum Gasteiger partial charge on any atom is 0.347 e. The number of hydrogen-bond acceptors (Lipinski definition) is 5. The number of rotatable bonds is 8. The van der Waals surface area contributed by atoms with Crippen LogP contribution in [0.3, 0.4) is 0 Å². The zero-order valence-electron chi connectivity index (χ0n) is 19.3. The summed E-state index contributed by atoms with van der Waals surface area (Å²) in [7, 11) is 1.69. The summed E-state index contributed by atoms with van der Waals surface area (Å²) in [4.78, 5) is 16.4. The Bertz CT molecular complexity index is 877. The standard InChI is InChI=1S/C25H34N2O4/c1-18-14-21(15-19(2)23(18)31-25(3,4)24(28)29)17-27-12-10-26(11-13-27)16-20-6-8-22(30-5)9-7-20/h6-9,14-15H,10-13,16-17H2,1-5H3,(H,28,29). The van der Waals surface area contributed by atoms with E-state index in [0.717, 1.165) is 56.1 Å². The van der Waals surface area contributed by atoms with Crippen LogP contribution in [0.4, 0.5) is 0 Å². The molecule has 1 saturated heterocycles. The van der Waals surface area contributed by atoms with Crippen LogP contribution in [-0.4, -0.2) is 59.8 Å². The highest BCUT2D eigenvalue weighted by Crippen LogP contribution is 2.29. The lowest BCUT2D eigenvalue weighted by Gasteiger charge is -2.35. The van der Waals surface area contributed by atoms with Gasteiger partial charge in [-0.1, -0.05) is 24.3 Å². The molecule has 0 spiro atoms. The van der Waals surface area contributed by atoms with E-state index in [1.165, 1.54) is 11.1 Å². The molecule has 1 fully saturated rings. The van der Waals surface area contributed by atoms with Crippen LogP contribution < -0.4 is 9.47 Å². The Hall–Kier alpha value is -2.57. The molecule has 0 radical (unpaired) electrons. The average molecular weight is 427 g/mol. The lowest BCUT2D eigenvalue weighted by molar-refractivity contribution is -0.152. The minimum absolute atomic E-state index is 0.667. The Kier molecular flexibility index (Phi) is 7.23. The fourth-order valence-corrected chi connectivity index (χ4v) is 3.94. The third-order valence-electron chi connectivity index (χ3n) is 5.83. The molecule has 1 N–H and O–H groups in total. The van der Waals surface area contributed by atoms with Gasteiger partial charge >= 0.3 is 5.97 Å². The molecule has 168 valence electrons. The van der Waals surface area contributed by atoms with Gasteiger partial charge in [0.05, 0.1) is 7.11 Å². The van der Waals surface area contributed by atoms with Gasteiger partial charge in [-0.2, -0.15) is 0 Å². The number of aryl methyl sites for hydroxylation is 2. The van der Waals surface area contributed by atoms with E-state index in [1.807, 2.05) is 26.0 Å². The summed E-state index contributed by atoms with van der Waals surface area (Å²) in [6, 6.07) is 12.5. The van der Waals surface area contributed by atoms with Crippen LogP contribution in [0.1, 0.15) is 36.1 Å². The predicted octanol–water partition coefficient (Wildman–Crippen LogP) is 3.87. The normalized spacial score (nSPS) is 15.6. The number of ether oxygens (including phenoxy) is 2. The monoisotopic (exact) mass is 426 g/mol. The first kappa shape index (κ1) is 23.1. The Morgan fingerprint density at radius 1 is 0.935 bits per heavy atom. The Morgan fingerprint density at radius 3 is 1.87 bits per heavy atom. The number of carbonyl (C=O) groups is 1. The molecular weight excluding hydrogens is 392 g/mol. The molecule has 6 heteroatoms. The second-order valence-electron chi connectivity index (χ2n) is 8.88. The van der Waals surface area contributed by atoms with Crippen molar-refractivity contribution in [3.63, 3.8) is 0 Å². The molecule has 0 bridgehead atoms. The summed E-state index contributed by atoms with van der Waals surface area (Å²) in [6.07, 6.45) is 0. The summed E-state index contributed by atoms with van der Waals surface area (Å²) in [5.41, 5.74) is 3.24. The first-order valence-corrected chi connectivity index (χ1v) is 10.8. The van der Waals surface area contributed by atoms with Gasteiger partial charge in [0.15, 0.2) is 5.60 Å². The fraction of sp³-hybridized carbons (Fsp3) is 0.480. The Balaban J connectivity index is 1.55. The quantitative estimate of drug-likeness (QED) is 0.691. The molecule has 0 saturated carbocycles. The van der Waals surface area contributed by atoms with Gasteiger partial charge in [0.25, 0.3) is 0 Å². The van der Waals surface area contributed by atoms with E-state index >= 15 is 0 Å². The molecule has 1 aliphatic heterocycles. The molecule has 1 aliphatic rings. The number of methoxy groups -OCH3 is 1. The first-order chi connectivity index (χ1) is 14.7. The second kappa shape index (κ2) is 9.71. The van der Waals surface area contributed by atoms with Crippen molar-refractivity contribution in [2.75, 3.05) is 33.3 Å². The molecule has 0 atom stereocenters. The summed E-state index contributed by atoms with van der Waals surface area (Å²) in [5, 5.41) is 9.35. The number of carboxylic acids is 1. The largest absolute Gasteiger partial charge is 0.497 e. The van der Waals surface area contributed by atoms with Gasteiger partial charge in [-0.05, 0) is 62.1 Å². The minimum Gasteiger partial charge on any atom is -0.497 e. The van der Waals surface area contributed by atoms with E-state index in [2.05, 4.69) is 34.1 Å². The van der Waals surface area contributed by atoms with Crippen LogP contribution in [0, 0.1) is 13.8 Å². The topological polar surface area (TPSA) is 62.2 Å². The molecule has 0 unspecified atom stereocenters. The molecular formula is C25H34N2O4. The van der Waals surface area contributed by atoms with E-state index in [-0.39, 0.29) is 0 Å². The molecule has 2 aromatic rings. The number of carboxylic acid groups (broad SMARTS) is 1. The van der Waals surface area contributed by atoms with E-state index < -0.39 is 11.6 Å². The van der Waals surface area contributed by atoms with Crippen molar-refractivity contribution in [1.82, 2.24) is 9.80 Å². The summed E-state index contributed by atoms with van der Waals surface area (Å²) in [6.45, 7) is 13.1. The number of piperazine rings is 1. The van der Waals surface area contributed by atoms with Gasteiger partial charge in [-0.3, -0.25) is 9.80 Å². The van der Waals surface area contributed by atoms with Crippen LogP contribution in [0.15, 0.2) is 36.4 Å². The van der Waals surface area contributed by atoms with Gasteiger partial charge in [-0.25, -0.2) is 4.79 Å². The zero-order chi connectivity index (χ0) is 22.6. The van der Waals surface area contributed by atoms with Gasteiger partial charge in [0.1, 0.15) is 11.5 Å². The van der Waals surface area contributed by atoms with Gasteiger partial charge in [0, 0.05) is 39.3 Å². The number of nitrogens with zero attached hydrogens (tertiary/aromatic N) is 2. The van der Waals surface area contributed by atoms with Crippen LogP contribution in [0.2, 0.25) is 0 Å². The highest BCUT2D eigenvalue weighted by atomic mass is 16.5. The summed E-state index contributed by atoms with van der Waals surface area (Å²) >= 11 is 0. The minimum atomic E-state index is -1.25. The van der Waals surface area contributed by atoms with Crippen molar-refractivity contribution in [3.8, 4) is 11.5 Å². The number of benzene rings is 2. The maximum atomic E-state index is 11.4. The highest BCUT2D eigenvalue weighted by molar-refractivity contribution is 5.77. The molecule has 0 aromatic heterocycles. The van der Waals surface area contributed by atoms with Crippen LogP contribution >= 0.6 is 0 Å². The van der Waals surface area contributed by atoms with Crippen LogP contribution in [0.5, 0.6) is 11.5 Å². The van der Waals surface area contributed by atoms with E-state index in [4.69, 9.17) is 9.47 Å². The number of aliphatic carboxylic acids is 1. The SMILES string of the molecule is COc1ccc(CN2CCN(Cc3cc(C)c(OC(C)(C)C(=O)O)c(C)c3)CC2)cc1. The molecule has 0 amide bonds. The predicted molar refractivity (Wildman–Crippen MR) is 122 cm³/mol. The van der Waals surface area contributed by atoms with Gasteiger partial charge in [-0.15, -0.1) is 0 Å². The van der Waals surface area contributed by atoms with Crippen molar-refractivity contribution in [3.05, 3.63) is 58.7 Å². The lowest BCUT2D eigenvalue weighted by atomic mass is 10.0. The molecule has 1 heterocycles. The van der Waals surface area contributed by atoms with Gasteiger partial charge in [0.2, 0.25) is 0 Å². The van der Waals surface area contributed by atoms with E-state index in [0.29, 0.717) is 5.75 Å². The third-order valence-corrected chi connectivity index (χ3v) is 5.83.